The molecule has 24 heavy (non-hydrogen) atoms. The summed E-state index contributed by atoms with van der Waals surface area (Å²) >= 11 is 2.29. The van der Waals surface area contributed by atoms with E-state index < -0.39 is 0 Å². The minimum absolute atomic E-state index is 0.0139. The van der Waals surface area contributed by atoms with Gasteiger partial charge >= 0.3 is 0 Å². The molecule has 1 unspecified atom stereocenters. The van der Waals surface area contributed by atoms with Gasteiger partial charge in [-0.2, -0.15) is 0 Å². The minimum Gasteiger partial charge on any atom is -0.359 e. The molecule has 2 N–H and O–H groups in total. The van der Waals surface area contributed by atoms with E-state index in [2.05, 4.69) is 58.9 Å². The zero-order chi connectivity index (χ0) is 16.8. The van der Waals surface area contributed by atoms with E-state index in [0.717, 1.165) is 32.5 Å². The van der Waals surface area contributed by atoms with Crippen molar-refractivity contribution in [3.63, 3.8) is 0 Å². The first-order valence-electron chi connectivity index (χ1n) is 8.57. The lowest BCUT2D eigenvalue weighted by molar-refractivity contribution is -0.110. The molecule has 4 heteroatoms. The Morgan fingerprint density at radius 3 is 2.92 bits per heavy atom. The molecule has 0 bridgehead atoms. The molecule has 3 nitrogen and oxygen atoms in total. The maximum absolute atomic E-state index is 12.4. The summed E-state index contributed by atoms with van der Waals surface area (Å²) in [5, 5.41) is 2.96. The number of hydrogen-bond donors (Lipinski definition) is 2. The monoisotopic (exact) mass is 432 g/mol. The summed E-state index contributed by atoms with van der Waals surface area (Å²) in [4.78, 5) is 15.9. The van der Waals surface area contributed by atoms with E-state index in [1.807, 2.05) is 18.2 Å². The van der Waals surface area contributed by atoms with Gasteiger partial charge in [0.25, 0.3) is 5.91 Å². The first-order chi connectivity index (χ1) is 11.5. The zero-order valence-corrected chi connectivity index (χ0v) is 16.1. The summed E-state index contributed by atoms with van der Waals surface area (Å²) in [6, 6.07) is 8.32. The fourth-order valence-corrected chi connectivity index (χ4v) is 4.45. The van der Waals surface area contributed by atoms with Crippen molar-refractivity contribution in [2.24, 2.45) is 5.92 Å². The highest BCUT2D eigenvalue weighted by Crippen LogP contribution is 2.39. The Labute approximate surface area is 156 Å². The Hall–Kier alpha value is -1.56. The number of halogens is 1. The fraction of sp³-hybridized carbons (Fsp3) is 0.350. The van der Waals surface area contributed by atoms with E-state index in [9.17, 15) is 4.79 Å². The van der Waals surface area contributed by atoms with Gasteiger partial charge in [-0.1, -0.05) is 13.8 Å². The predicted octanol–water partition coefficient (Wildman–Crippen LogP) is 5.19. The number of rotatable bonds is 2. The van der Waals surface area contributed by atoms with Crippen LogP contribution in [0.2, 0.25) is 0 Å². The van der Waals surface area contributed by atoms with Crippen molar-refractivity contribution >= 4 is 45.8 Å². The number of benzene rings is 1. The first kappa shape index (κ1) is 15.9. The van der Waals surface area contributed by atoms with Gasteiger partial charge in [0.15, 0.2) is 0 Å². The molecule has 0 radical (unpaired) electrons. The Morgan fingerprint density at radius 1 is 1.29 bits per heavy atom. The largest absolute Gasteiger partial charge is 0.359 e. The number of aromatic nitrogens is 1. The summed E-state index contributed by atoms with van der Waals surface area (Å²) in [5.74, 6) is 1.26. The topological polar surface area (TPSA) is 44.9 Å². The fourth-order valence-electron chi connectivity index (χ4n) is 3.96. The molecule has 2 aliphatic rings. The van der Waals surface area contributed by atoms with Crippen LogP contribution >= 0.6 is 22.6 Å². The van der Waals surface area contributed by atoms with E-state index in [1.54, 1.807) is 0 Å². The van der Waals surface area contributed by atoms with E-state index in [0.29, 0.717) is 11.8 Å². The lowest BCUT2D eigenvalue weighted by Crippen LogP contribution is -2.13. The standard InChI is InChI=1S/C20H21IN2O/c1-11(2)14-4-3-5-18-16(14)9-13(22-18)10-17-15-8-12(21)6-7-19(15)23-20(17)24/h6-11,14,22H,3-5H2,1-2H3,(H,23,24). The number of aryl methyl sites for hydroxylation is 1. The van der Waals surface area contributed by atoms with E-state index in [-0.39, 0.29) is 5.91 Å². The molecule has 1 aliphatic carbocycles. The van der Waals surface area contributed by atoms with Crippen LogP contribution < -0.4 is 5.32 Å². The van der Waals surface area contributed by atoms with Crippen molar-refractivity contribution in [1.29, 1.82) is 0 Å². The van der Waals surface area contributed by atoms with Crippen molar-refractivity contribution in [2.45, 2.75) is 39.0 Å². The summed E-state index contributed by atoms with van der Waals surface area (Å²) in [5.41, 5.74) is 6.51. The Morgan fingerprint density at radius 2 is 2.12 bits per heavy atom. The van der Waals surface area contributed by atoms with Gasteiger partial charge in [-0.05, 0) is 89.6 Å². The van der Waals surface area contributed by atoms with Crippen LogP contribution in [0.3, 0.4) is 0 Å². The molecule has 0 fully saturated rings. The van der Waals surface area contributed by atoms with Gasteiger partial charge in [0, 0.05) is 26.2 Å². The van der Waals surface area contributed by atoms with Crippen LogP contribution in [0.5, 0.6) is 0 Å². The quantitative estimate of drug-likeness (QED) is 0.498. The summed E-state index contributed by atoms with van der Waals surface area (Å²) < 4.78 is 1.14. The number of anilines is 1. The molecule has 0 spiro atoms. The van der Waals surface area contributed by atoms with Crippen LogP contribution in [0.15, 0.2) is 24.3 Å². The minimum atomic E-state index is -0.0139. The second kappa shape index (κ2) is 6.06. The normalized spacial score (nSPS) is 21.1. The van der Waals surface area contributed by atoms with Crippen molar-refractivity contribution in [3.8, 4) is 0 Å². The van der Waals surface area contributed by atoms with Crippen LogP contribution in [0.1, 0.15) is 55.1 Å². The predicted molar refractivity (Wildman–Crippen MR) is 107 cm³/mol. The maximum atomic E-state index is 12.4. The molecular formula is C20H21IN2O. The Bertz CT molecular complexity index is 847. The van der Waals surface area contributed by atoms with Crippen LogP contribution in [-0.4, -0.2) is 10.9 Å². The molecule has 1 aromatic heterocycles. The molecular weight excluding hydrogens is 411 g/mol. The summed E-state index contributed by atoms with van der Waals surface area (Å²) in [7, 11) is 0. The molecule has 2 aromatic rings. The average molecular weight is 432 g/mol. The molecule has 2 heterocycles. The van der Waals surface area contributed by atoms with Gasteiger partial charge in [0.05, 0.1) is 5.57 Å². The van der Waals surface area contributed by atoms with Crippen molar-refractivity contribution < 1.29 is 4.79 Å². The molecule has 1 atom stereocenters. The Balaban J connectivity index is 1.75. The van der Waals surface area contributed by atoms with Gasteiger partial charge < -0.3 is 10.3 Å². The molecule has 1 aromatic carbocycles. The smallest absolute Gasteiger partial charge is 0.256 e. The second-order valence-electron chi connectivity index (χ2n) is 7.10. The summed E-state index contributed by atoms with van der Waals surface area (Å²) in [6.07, 6.45) is 5.63. The molecule has 4 rings (SSSR count). The third-order valence-electron chi connectivity index (χ3n) is 5.17. The highest BCUT2D eigenvalue weighted by molar-refractivity contribution is 14.1. The Kier molecular flexibility index (Phi) is 4.03. The maximum Gasteiger partial charge on any atom is 0.256 e. The average Bonchev–Trinajstić information content (AvgIpc) is 3.08. The molecule has 0 saturated heterocycles. The lowest BCUT2D eigenvalue weighted by Gasteiger charge is -2.25. The number of amides is 1. The molecule has 1 amide bonds. The summed E-state index contributed by atoms with van der Waals surface area (Å²) in [6.45, 7) is 4.60. The molecule has 1 aliphatic heterocycles. The van der Waals surface area contributed by atoms with Gasteiger partial charge in [0.1, 0.15) is 0 Å². The molecule has 0 saturated carbocycles. The highest BCUT2D eigenvalue weighted by atomic mass is 127. The van der Waals surface area contributed by atoms with Crippen LogP contribution in [0.4, 0.5) is 5.69 Å². The van der Waals surface area contributed by atoms with Crippen LogP contribution in [0, 0.1) is 9.49 Å². The first-order valence-corrected chi connectivity index (χ1v) is 9.65. The number of H-pyrrole nitrogens is 1. The van der Waals surface area contributed by atoms with E-state index in [4.69, 9.17) is 0 Å². The van der Waals surface area contributed by atoms with Gasteiger partial charge in [-0.3, -0.25) is 4.79 Å². The number of aromatic amines is 1. The third kappa shape index (κ3) is 2.70. The number of fused-ring (bicyclic) bond motifs is 2. The number of carbonyl (C=O) groups excluding carboxylic acids is 1. The van der Waals surface area contributed by atoms with Crippen LogP contribution in [0.25, 0.3) is 11.6 Å². The molecule has 124 valence electrons. The van der Waals surface area contributed by atoms with Crippen molar-refractivity contribution in [2.75, 3.05) is 5.32 Å². The van der Waals surface area contributed by atoms with E-state index >= 15 is 0 Å². The number of carbonyl (C=O) groups is 1. The van der Waals surface area contributed by atoms with Crippen LogP contribution in [-0.2, 0) is 11.2 Å². The zero-order valence-electron chi connectivity index (χ0n) is 13.9. The van der Waals surface area contributed by atoms with Crippen molar-refractivity contribution in [3.05, 3.63) is 50.4 Å². The number of hydrogen-bond acceptors (Lipinski definition) is 1. The highest BCUT2D eigenvalue weighted by Gasteiger charge is 2.27. The van der Waals surface area contributed by atoms with E-state index in [1.165, 1.54) is 24.1 Å². The lowest BCUT2D eigenvalue weighted by atomic mass is 9.80. The van der Waals surface area contributed by atoms with Gasteiger partial charge in [-0.15, -0.1) is 0 Å². The second-order valence-corrected chi connectivity index (χ2v) is 8.35. The number of nitrogens with one attached hydrogen (secondary N) is 2. The SMILES string of the molecule is CC(C)C1CCCc2[nH]c(C=C3C(=O)Nc4ccc(I)cc43)cc21. The third-order valence-corrected chi connectivity index (χ3v) is 5.84. The van der Waals surface area contributed by atoms with Crippen molar-refractivity contribution in [1.82, 2.24) is 4.98 Å². The van der Waals surface area contributed by atoms with Gasteiger partial charge in [-0.25, -0.2) is 0 Å². The van der Waals surface area contributed by atoms with Gasteiger partial charge in [0.2, 0.25) is 0 Å².